The molecule has 2 aliphatic heterocycles. The summed E-state index contributed by atoms with van der Waals surface area (Å²) in [6, 6.07) is -0.815. The number of carbonyl (C=O) groups is 3. The summed E-state index contributed by atoms with van der Waals surface area (Å²) in [4.78, 5) is 47.9. The molecule has 2 aliphatic rings. The summed E-state index contributed by atoms with van der Waals surface area (Å²) in [5, 5.41) is 17.9. The SMILES string of the molecule is CCC[N+](CCC)(CCC)CC1=C(C(=O)O)N2C(=O)C(NC(=O)C=NOCc3csc(N)n3)[C@@H]2SC1. The lowest BCUT2D eigenvalue weighted by Crippen LogP contribution is -2.71. The number of β-lactam (4-membered cyclic amide) rings is 1. The highest BCUT2D eigenvalue weighted by Gasteiger charge is 2.54. The van der Waals surface area contributed by atoms with Gasteiger partial charge < -0.3 is 25.5 Å². The predicted octanol–water partition coefficient (Wildman–Crippen LogP) is 2.01. The molecule has 1 unspecified atom stereocenters. The molecule has 13 heteroatoms. The molecule has 0 spiro atoms. The van der Waals surface area contributed by atoms with E-state index in [9.17, 15) is 19.5 Å². The molecule has 0 bridgehead atoms. The molecule has 0 aliphatic carbocycles. The van der Waals surface area contributed by atoms with Gasteiger partial charge in [0.15, 0.2) is 11.7 Å². The predicted molar refractivity (Wildman–Crippen MR) is 140 cm³/mol. The number of amides is 2. The number of anilines is 1. The van der Waals surface area contributed by atoms with Crippen LogP contribution in [0, 0.1) is 0 Å². The number of nitrogens with zero attached hydrogens (tertiary/aromatic N) is 4. The van der Waals surface area contributed by atoms with E-state index in [-0.39, 0.29) is 12.3 Å². The zero-order chi connectivity index (χ0) is 26.3. The topological polar surface area (TPSA) is 147 Å². The number of fused-ring (bicyclic) bond motifs is 1. The Morgan fingerprint density at radius 3 is 2.53 bits per heavy atom. The molecule has 0 saturated carbocycles. The second-order valence-electron chi connectivity index (χ2n) is 9.01. The van der Waals surface area contributed by atoms with Crippen LogP contribution in [0.5, 0.6) is 0 Å². The third kappa shape index (κ3) is 6.37. The lowest BCUT2D eigenvalue weighted by Gasteiger charge is -2.50. The molecule has 1 aromatic heterocycles. The van der Waals surface area contributed by atoms with Crippen molar-refractivity contribution in [1.29, 1.82) is 0 Å². The van der Waals surface area contributed by atoms with Crippen LogP contribution >= 0.6 is 23.1 Å². The normalized spacial score (nSPS) is 19.9. The van der Waals surface area contributed by atoms with Crippen LogP contribution in [0.4, 0.5) is 5.13 Å². The van der Waals surface area contributed by atoms with Gasteiger partial charge in [-0.3, -0.25) is 14.5 Å². The second-order valence-corrected chi connectivity index (χ2v) is 11.0. The van der Waals surface area contributed by atoms with E-state index in [4.69, 9.17) is 10.6 Å². The van der Waals surface area contributed by atoms with Crippen LogP contribution in [0.1, 0.15) is 45.7 Å². The fourth-order valence-corrected chi connectivity index (χ4v) is 6.86. The number of thiazole rings is 1. The number of aromatic nitrogens is 1. The van der Waals surface area contributed by atoms with E-state index in [0.717, 1.165) is 55.2 Å². The van der Waals surface area contributed by atoms with Crippen molar-refractivity contribution in [3.63, 3.8) is 0 Å². The smallest absolute Gasteiger partial charge is 0.352 e. The number of nitrogens with one attached hydrogen (secondary N) is 1. The number of oxime groups is 1. The largest absolute Gasteiger partial charge is 0.477 e. The maximum absolute atomic E-state index is 13.0. The van der Waals surface area contributed by atoms with Crippen molar-refractivity contribution in [2.75, 3.05) is 37.7 Å². The van der Waals surface area contributed by atoms with Gasteiger partial charge in [-0.2, -0.15) is 0 Å². The average molecular weight is 540 g/mol. The number of carbonyl (C=O) groups excluding carboxylic acids is 2. The van der Waals surface area contributed by atoms with Gasteiger partial charge in [-0.25, -0.2) is 9.78 Å². The molecule has 4 N–H and O–H groups in total. The van der Waals surface area contributed by atoms with Gasteiger partial charge in [0.1, 0.15) is 29.9 Å². The first-order chi connectivity index (χ1) is 17.2. The molecule has 1 aromatic rings. The first-order valence-corrected chi connectivity index (χ1v) is 14.1. The molecule has 11 nitrogen and oxygen atoms in total. The third-order valence-corrected chi connectivity index (χ3v) is 8.26. The Bertz CT molecular complexity index is 1010. The van der Waals surface area contributed by atoms with Crippen LogP contribution in [-0.2, 0) is 25.8 Å². The van der Waals surface area contributed by atoms with E-state index >= 15 is 0 Å². The lowest BCUT2D eigenvalue weighted by molar-refractivity contribution is -0.924. The number of nitrogen functional groups attached to an aromatic ring is 1. The zero-order valence-electron chi connectivity index (χ0n) is 20.9. The van der Waals surface area contributed by atoms with Crippen LogP contribution in [-0.4, -0.2) is 86.8 Å². The summed E-state index contributed by atoms with van der Waals surface area (Å²) in [6.07, 6.45) is 3.96. The minimum atomic E-state index is -1.10. The van der Waals surface area contributed by atoms with Crippen molar-refractivity contribution in [1.82, 2.24) is 15.2 Å². The van der Waals surface area contributed by atoms with Crippen LogP contribution in [0.2, 0.25) is 0 Å². The average Bonchev–Trinajstić information content (AvgIpc) is 3.25. The third-order valence-electron chi connectivity index (χ3n) is 6.19. The Balaban J connectivity index is 1.66. The summed E-state index contributed by atoms with van der Waals surface area (Å²) in [5.41, 5.74) is 7.01. The zero-order valence-corrected chi connectivity index (χ0v) is 22.6. The van der Waals surface area contributed by atoms with Crippen molar-refractivity contribution in [2.24, 2.45) is 5.16 Å². The number of hydrogen-bond donors (Lipinski definition) is 3. The van der Waals surface area contributed by atoms with Crippen molar-refractivity contribution < 1.29 is 28.8 Å². The molecule has 1 fully saturated rings. The van der Waals surface area contributed by atoms with Gasteiger partial charge in [-0.15, -0.1) is 23.1 Å². The molecule has 2 amide bonds. The summed E-state index contributed by atoms with van der Waals surface area (Å²) in [5.74, 6) is -1.62. The molecule has 0 radical (unpaired) electrons. The quantitative estimate of drug-likeness (QED) is 0.141. The van der Waals surface area contributed by atoms with E-state index in [1.165, 1.54) is 28.0 Å². The van der Waals surface area contributed by atoms with Gasteiger partial charge in [0, 0.05) is 16.7 Å². The van der Waals surface area contributed by atoms with Gasteiger partial charge >= 0.3 is 5.97 Å². The van der Waals surface area contributed by atoms with Gasteiger partial charge in [0.2, 0.25) is 0 Å². The summed E-state index contributed by atoms with van der Waals surface area (Å²) >= 11 is 2.76. The van der Waals surface area contributed by atoms with E-state index < -0.39 is 29.2 Å². The number of carboxylic acids is 1. The van der Waals surface area contributed by atoms with Crippen LogP contribution < -0.4 is 11.1 Å². The second kappa shape index (κ2) is 12.5. The molecule has 0 aromatic carbocycles. The minimum Gasteiger partial charge on any atom is -0.477 e. The first-order valence-electron chi connectivity index (χ1n) is 12.2. The van der Waals surface area contributed by atoms with Crippen molar-refractivity contribution >= 4 is 52.2 Å². The molecule has 36 heavy (non-hydrogen) atoms. The van der Waals surface area contributed by atoms with Crippen molar-refractivity contribution in [2.45, 2.75) is 58.1 Å². The molecular weight excluding hydrogens is 504 g/mol. The summed E-state index contributed by atoms with van der Waals surface area (Å²) in [7, 11) is 0. The standard InChI is InChI=1S/C23H34N6O5S2/c1-4-7-29(8-5-2,9-6-3)11-15-13-35-21-18(20(31)28(21)19(15)22(32)33)27-17(30)10-25-34-12-16-14-36-23(24)26-16/h10,14,18,21H,4-9,11-13H2,1-3H3,(H3-,24,26,27,30,32,33)/p+1/t18?,21-/m0/s1. The van der Waals surface area contributed by atoms with Crippen LogP contribution in [0.15, 0.2) is 21.8 Å². The maximum atomic E-state index is 13.0. The first kappa shape index (κ1) is 27.9. The highest BCUT2D eigenvalue weighted by molar-refractivity contribution is 8.00. The number of thioether (sulfide) groups is 1. The van der Waals surface area contributed by atoms with E-state index in [2.05, 4.69) is 36.2 Å². The van der Waals surface area contributed by atoms with Crippen LogP contribution in [0.3, 0.4) is 0 Å². The Morgan fingerprint density at radius 2 is 1.97 bits per heavy atom. The summed E-state index contributed by atoms with van der Waals surface area (Å²) < 4.78 is 0.826. The number of nitrogens with two attached hydrogens (primary N) is 1. The highest BCUT2D eigenvalue weighted by atomic mass is 32.2. The Morgan fingerprint density at radius 1 is 1.31 bits per heavy atom. The number of carboxylic acid groups (broad SMARTS) is 1. The Hall–Kier alpha value is -2.64. The highest BCUT2D eigenvalue weighted by Crippen LogP contribution is 2.41. The Kier molecular flexibility index (Phi) is 9.74. The van der Waals surface area contributed by atoms with E-state index in [1.54, 1.807) is 5.38 Å². The van der Waals surface area contributed by atoms with Gasteiger partial charge in [-0.05, 0) is 19.3 Å². The Labute approximate surface area is 219 Å². The maximum Gasteiger partial charge on any atom is 0.352 e. The molecule has 1 saturated heterocycles. The van der Waals surface area contributed by atoms with Gasteiger partial charge in [0.05, 0.1) is 25.3 Å². The van der Waals surface area contributed by atoms with Gasteiger partial charge in [0.25, 0.3) is 11.8 Å². The molecule has 198 valence electrons. The van der Waals surface area contributed by atoms with Crippen molar-refractivity contribution in [3.05, 3.63) is 22.3 Å². The van der Waals surface area contributed by atoms with Gasteiger partial charge in [-0.1, -0.05) is 25.9 Å². The monoisotopic (exact) mass is 539 g/mol. The number of aliphatic carboxylic acids is 1. The number of quaternary nitrogens is 1. The molecule has 3 rings (SSSR count). The van der Waals surface area contributed by atoms with E-state index in [1.807, 2.05) is 0 Å². The number of hydrogen-bond acceptors (Lipinski definition) is 9. The minimum absolute atomic E-state index is 0.0652. The van der Waals surface area contributed by atoms with Crippen LogP contribution in [0.25, 0.3) is 0 Å². The van der Waals surface area contributed by atoms with Crippen molar-refractivity contribution in [3.8, 4) is 0 Å². The fourth-order valence-electron chi connectivity index (χ4n) is 4.97. The molecule has 2 atom stereocenters. The molecular formula is C23H35N6O5S2+. The molecule has 3 heterocycles. The fraction of sp³-hybridized carbons (Fsp3) is 0.609. The van der Waals surface area contributed by atoms with E-state index in [0.29, 0.717) is 23.1 Å². The number of rotatable bonds is 14. The lowest BCUT2D eigenvalue weighted by atomic mass is 10.0. The summed E-state index contributed by atoms with van der Waals surface area (Å²) in [6.45, 7) is 10.0.